The second-order valence-electron chi connectivity index (χ2n) is 6.78. The molecular formula is C19H33ClN2O2. The molecule has 0 saturated heterocycles. The molecule has 0 aliphatic rings. The zero-order chi connectivity index (χ0) is 17.1. The maximum absolute atomic E-state index is 12.0. The number of unbranched alkanes of at least 4 members (excludes halogenated alkanes) is 5. The minimum Gasteiger partial charge on any atom is -0.460 e. The Hall–Kier alpha value is -1.26. The van der Waals surface area contributed by atoms with E-state index >= 15 is 0 Å². The summed E-state index contributed by atoms with van der Waals surface area (Å²) < 4.78 is 5.40. The number of hydrogen-bond donors (Lipinski definition) is 2. The van der Waals surface area contributed by atoms with Gasteiger partial charge in [-0.1, -0.05) is 39.0 Å². The zero-order valence-electron chi connectivity index (χ0n) is 15.3. The van der Waals surface area contributed by atoms with Gasteiger partial charge in [-0.3, -0.25) is 0 Å². The fourth-order valence-electron chi connectivity index (χ4n) is 2.33. The molecule has 0 atom stereocenters. The van der Waals surface area contributed by atoms with E-state index in [0.29, 0.717) is 17.9 Å². The molecule has 0 aromatic heterocycles. The molecule has 5 heteroatoms. The van der Waals surface area contributed by atoms with Gasteiger partial charge in [0, 0.05) is 11.2 Å². The van der Waals surface area contributed by atoms with Crippen molar-refractivity contribution in [1.29, 1.82) is 0 Å². The van der Waals surface area contributed by atoms with Crippen LogP contribution in [-0.2, 0) is 4.74 Å². The van der Waals surface area contributed by atoms with Gasteiger partial charge in [0.25, 0.3) is 0 Å². The molecule has 0 saturated carbocycles. The van der Waals surface area contributed by atoms with Crippen molar-refractivity contribution in [3.05, 3.63) is 29.8 Å². The lowest BCUT2D eigenvalue weighted by atomic mass is 10.1. The Kier molecular flexibility index (Phi) is 11.5. The van der Waals surface area contributed by atoms with Gasteiger partial charge in [-0.15, -0.1) is 12.4 Å². The number of rotatable bonds is 11. The van der Waals surface area contributed by atoms with Crippen molar-refractivity contribution in [1.82, 2.24) is 5.32 Å². The Morgan fingerprint density at radius 2 is 1.67 bits per heavy atom. The molecule has 1 aromatic rings. The fraction of sp³-hybridized carbons (Fsp3) is 0.632. The number of halogens is 1. The van der Waals surface area contributed by atoms with Crippen LogP contribution in [-0.4, -0.2) is 24.7 Å². The van der Waals surface area contributed by atoms with E-state index in [1.807, 2.05) is 0 Å². The van der Waals surface area contributed by atoms with Gasteiger partial charge in [0.1, 0.15) is 6.61 Å². The second-order valence-corrected chi connectivity index (χ2v) is 6.78. The lowest BCUT2D eigenvalue weighted by Crippen LogP contribution is -2.44. The first-order valence-corrected chi connectivity index (χ1v) is 8.72. The molecule has 3 N–H and O–H groups in total. The number of carbonyl (C=O) groups is 1. The van der Waals surface area contributed by atoms with Crippen molar-refractivity contribution in [2.75, 3.05) is 18.9 Å². The van der Waals surface area contributed by atoms with Crippen LogP contribution in [0, 0.1) is 0 Å². The fourth-order valence-corrected chi connectivity index (χ4v) is 2.33. The maximum atomic E-state index is 12.0. The van der Waals surface area contributed by atoms with Crippen LogP contribution >= 0.6 is 12.4 Å². The van der Waals surface area contributed by atoms with Crippen molar-refractivity contribution < 1.29 is 9.53 Å². The summed E-state index contributed by atoms with van der Waals surface area (Å²) >= 11 is 0. The average molecular weight is 357 g/mol. The lowest BCUT2D eigenvalue weighted by Gasteiger charge is -2.26. The molecular weight excluding hydrogens is 324 g/mol. The van der Waals surface area contributed by atoms with Crippen LogP contribution in [0.2, 0.25) is 0 Å². The van der Waals surface area contributed by atoms with Gasteiger partial charge in [0.05, 0.1) is 5.56 Å². The van der Waals surface area contributed by atoms with Gasteiger partial charge in [0.15, 0.2) is 0 Å². The SMILES string of the molecule is CCCCCCCCNC(C)(C)COC(=O)c1ccc(N)cc1.Cl. The summed E-state index contributed by atoms with van der Waals surface area (Å²) in [4.78, 5) is 12.0. The van der Waals surface area contributed by atoms with Gasteiger partial charge in [-0.05, 0) is 51.1 Å². The van der Waals surface area contributed by atoms with Crippen molar-refractivity contribution >= 4 is 24.1 Å². The largest absolute Gasteiger partial charge is 0.460 e. The Bertz CT molecular complexity index is 461. The van der Waals surface area contributed by atoms with E-state index in [1.54, 1.807) is 24.3 Å². The molecule has 0 amide bonds. The van der Waals surface area contributed by atoms with Crippen LogP contribution in [0.15, 0.2) is 24.3 Å². The van der Waals surface area contributed by atoms with E-state index in [2.05, 4.69) is 26.1 Å². The van der Waals surface area contributed by atoms with Crippen LogP contribution < -0.4 is 11.1 Å². The third-order valence-corrected chi connectivity index (χ3v) is 3.84. The Labute approximate surface area is 152 Å². The van der Waals surface area contributed by atoms with E-state index in [1.165, 1.54) is 38.5 Å². The van der Waals surface area contributed by atoms with Crippen LogP contribution in [0.25, 0.3) is 0 Å². The van der Waals surface area contributed by atoms with Gasteiger partial charge in [-0.25, -0.2) is 4.79 Å². The highest BCUT2D eigenvalue weighted by Gasteiger charge is 2.19. The minimum absolute atomic E-state index is 0. The third kappa shape index (κ3) is 9.78. The molecule has 4 nitrogen and oxygen atoms in total. The Morgan fingerprint density at radius 3 is 2.29 bits per heavy atom. The molecule has 0 fully saturated rings. The Morgan fingerprint density at radius 1 is 1.08 bits per heavy atom. The standard InChI is InChI=1S/C19H32N2O2.ClH/c1-4-5-6-7-8-9-14-21-19(2,3)15-23-18(22)16-10-12-17(20)13-11-16;/h10-13,21H,4-9,14-15,20H2,1-3H3;1H. The van der Waals surface area contributed by atoms with Gasteiger partial charge < -0.3 is 15.8 Å². The number of hydrogen-bond acceptors (Lipinski definition) is 4. The molecule has 0 radical (unpaired) electrons. The minimum atomic E-state index is -0.306. The number of ether oxygens (including phenoxy) is 1. The first-order valence-electron chi connectivity index (χ1n) is 8.72. The normalized spacial score (nSPS) is 11.0. The predicted molar refractivity (Wildman–Crippen MR) is 104 cm³/mol. The summed E-state index contributed by atoms with van der Waals surface area (Å²) in [5, 5.41) is 3.47. The number of anilines is 1. The van der Waals surface area contributed by atoms with E-state index in [-0.39, 0.29) is 23.9 Å². The van der Waals surface area contributed by atoms with Crippen molar-refractivity contribution in [3.63, 3.8) is 0 Å². The number of esters is 1. The van der Waals surface area contributed by atoms with Crippen LogP contribution in [0.3, 0.4) is 0 Å². The smallest absolute Gasteiger partial charge is 0.338 e. The molecule has 0 aliphatic heterocycles. The monoisotopic (exact) mass is 356 g/mol. The highest BCUT2D eigenvalue weighted by molar-refractivity contribution is 5.89. The summed E-state index contributed by atoms with van der Waals surface area (Å²) in [5.74, 6) is -0.306. The molecule has 24 heavy (non-hydrogen) atoms. The highest BCUT2D eigenvalue weighted by atomic mass is 35.5. The molecule has 0 unspecified atom stereocenters. The molecule has 0 bridgehead atoms. The van der Waals surface area contributed by atoms with Gasteiger partial charge in [-0.2, -0.15) is 0 Å². The summed E-state index contributed by atoms with van der Waals surface area (Å²) in [6.07, 6.45) is 7.68. The topological polar surface area (TPSA) is 64.3 Å². The van der Waals surface area contributed by atoms with Gasteiger partial charge in [0.2, 0.25) is 0 Å². The number of carbonyl (C=O) groups excluding carboxylic acids is 1. The predicted octanol–water partition coefficient (Wildman–Crippen LogP) is 4.58. The van der Waals surface area contributed by atoms with Crippen LogP contribution in [0.5, 0.6) is 0 Å². The van der Waals surface area contributed by atoms with Crippen LogP contribution in [0.4, 0.5) is 5.69 Å². The first kappa shape index (κ1) is 22.7. The molecule has 1 aromatic carbocycles. The molecule has 138 valence electrons. The van der Waals surface area contributed by atoms with Crippen molar-refractivity contribution in [2.24, 2.45) is 0 Å². The van der Waals surface area contributed by atoms with E-state index in [9.17, 15) is 4.79 Å². The lowest BCUT2D eigenvalue weighted by molar-refractivity contribution is 0.0400. The van der Waals surface area contributed by atoms with Gasteiger partial charge >= 0.3 is 5.97 Å². The zero-order valence-corrected chi connectivity index (χ0v) is 16.1. The quantitative estimate of drug-likeness (QED) is 0.346. The van der Waals surface area contributed by atoms with E-state index in [4.69, 9.17) is 10.5 Å². The number of benzene rings is 1. The molecule has 0 heterocycles. The van der Waals surface area contributed by atoms with Crippen molar-refractivity contribution in [2.45, 2.75) is 64.8 Å². The second kappa shape index (κ2) is 12.2. The van der Waals surface area contributed by atoms with Crippen LogP contribution in [0.1, 0.15) is 69.7 Å². The Balaban J connectivity index is 0.00000529. The van der Waals surface area contributed by atoms with E-state index in [0.717, 1.165) is 6.54 Å². The summed E-state index contributed by atoms with van der Waals surface area (Å²) in [6.45, 7) is 7.65. The average Bonchev–Trinajstić information content (AvgIpc) is 2.52. The summed E-state index contributed by atoms with van der Waals surface area (Å²) in [7, 11) is 0. The summed E-state index contributed by atoms with van der Waals surface area (Å²) in [5.41, 5.74) is 6.57. The molecule has 0 aliphatic carbocycles. The number of nitrogens with two attached hydrogens (primary N) is 1. The third-order valence-electron chi connectivity index (χ3n) is 3.84. The first-order chi connectivity index (χ1) is 10.9. The summed E-state index contributed by atoms with van der Waals surface area (Å²) in [6, 6.07) is 6.79. The molecule has 1 rings (SSSR count). The maximum Gasteiger partial charge on any atom is 0.338 e. The highest BCUT2D eigenvalue weighted by Crippen LogP contribution is 2.10. The molecule has 0 spiro atoms. The van der Waals surface area contributed by atoms with Crippen molar-refractivity contribution in [3.8, 4) is 0 Å². The number of nitrogens with one attached hydrogen (secondary N) is 1. The van der Waals surface area contributed by atoms with E-state index < -0.39 is 0 Å². The number of nitrogen functional groups attached to an aromatic ring is 1.